The SMILES string of the molecule is CC[N-]CCOc1ccc(Oc2ccc3ncnc(Nc4cnn(C(C)C)n4)c3c2)nc1. The highest BCUT2D eigenvalue weighted by molar-refractivity contribution is 5.91. The van der Waals surface area contributed by atoms with Crippen molar-refractivity contribution < 1.29 is 9.47 Å². The summed E-state index contributed by atoms with van der Waals surface area (Å²) < 4.78 is 11.5. The largest absolute Gasteiger partial charge is 0.660 e. The zero-order valence-electron chi connectivity index (χ0n) is 18.3. The molecule has 0 fully saturated rings. The number of anilines is 2. The Hall–Kier alpha value is -3.79. The Kier molecular flexibility index (Phi) is 6.71. The number of ether oxygens (including phenoxy) is 2. The normalized spacial score (nSPS) is 11.1. The Labute approximate surface area is 186 Å². The number of pyridine rings is 1. The molecular weight excluding hydrogens is 408 g/mol. The van der Waals surface area contributed by atoms with Crippen LogP contribution in [0.25, 0.3) is 16.2 Å². The molecule has 0 atom stereocenters. The summed E-state index contributed by atoms with van der Waals surface area (Å²) in [5.74, 6) is 2.97. The minimum absolute atomic E-state index is 0.170. The maximum atomic E-state index is 5.92. The molecule has 0 aliphatic carbocycles. The lowest BCUT2D eigenvalue weighted by Crippen LogP contribution is -2.05. The van der Waals surface area contributed by atoms with Crippen molar-refractivity contribution in [3.05, 3.63) is 54.4 Å². The van der Waals surface area contributed by atoms with Crippen LogP contribution in [0.4, 0.5) is 11.6 Å². The molecule has 3 aromatic heterocycles. The number of nitrogens with one attached hydrogen (secondary N) is 1. The summed E-state index contributed by atoms with van der Waals surface area (Å²) >= 11 is 0. The highest BCUT2D eigenvalue weighted by Crippen LogP contribution is 2.29. The molecule has 0 aliphatic heterocycles. The van der Waals surface area contributed by atoms with E-state index in [9.17, 15) is 0 Å². The maximum absolute atomic E-state index is 5.92. The van der Waals surface area contributed by atoms with Crippen molar-refractivity contribution in [2.75, 3.05) is 25.0 Å². The van der Waals surface area contributed by atoms with Crippen molar-refractivity contribution in [2.24, 2.45) is 0 Å². The highest BCUT2D eigenvalue weighted by Gasteiger charge is 2.10. The molecule has 4 aromatic rings. The van der Waals surface area contributed by atoms with Crippen LogP contribution >= 0.6 is 0 Å². The molecule has 10 heteroatoms. The first-order chi connectivity index (χ1) is 15.6. The van der Waals surface area contributed by atoms with E-state index >= 15 is 0 Å². The van der Waals surface area contributed by atoms with Crippen molar-refractivity contribution in [2.45, 2.75) is 26.8 Å². The minimum Gasteiger partial charge on any atom is -0.660 e. The summed E-state index contributed by atoms with van der Waals surface area (Å²) in [6, 6.07) is 9.33. The molecule has 0 spiro atoms. The molecule has 0 amide bonds. The van der Waals surface area contributed by atoms with Crippen LogP contribution in [0.2, 0.25) is 0 Å². The lowest BCUT2D eigenvalue weighted by Gasteiger charge is -2.15. The average molecular weight is 433 g/mol. The maximum Gasteiger partial charge on any atom is 0.219 e. The van der Waals surface area contributed by atoms with Gasteiger partial charge in [0.1, 0.15) is 23.6 Å². The first-order valence-corrected chi connectivity index (χ1v) is 10.5. The molecule has 0 bridgehead atoms. The first-order valence-electron chi connectivity index (χ1n) is 10.5. The summed E-state index contributed by atoms with van der Waals surface area (Å²) in [5, 5.41) is 16.9. The summed E-state index contributed by atoms with van der Waals surface area (Å²) in [5.41, 5.74) is 0.778. The molecule has 1 aromatic carbocycles. The first kappa shape index (κ1) is 21.4. The lowest BCUT2D eigenvalue weighted by atomic mass is 10.2. The van der Waals surface area contributed by atoms with Gasteiger partial charge in [-0.15, -0.1) is 11.6 Å². The molecule has 0 unspecified atom stereocenters. The Morgan fingerprint density at radius 1 is 1.06 bits per heavy atom. The zero-order chi connectivity index (χ0) is 22.3. The molecule has 10 nitrogen and oxygen atoms in total. The molecule has 0 radical (unpaired) electrons. The van der Waals surface area contributed by atoms with Gasteiger partial charge in [0.15, 0.2) is 5.82 Å². The molecular formula is C22H25N8O2-. The second-order valence-electron chi connectivity index (χ2n) is 7.22. The van der Waals surface area contributed by atoms with Gasteiger partial charge < -0.3 is 20.1 Å². The highest BCUT2D eigenvalue weighted by atomic mass is 16.5. The molecule has 0 saturated carbocycles. The van der Waals surface area contributed by atoms with E-state index < -0.39 is 0 Å². The number of benzene rings is 1. The molecule has 1 N–H and O–H groups in total. The van der Waals surface area contributed by atoms with Gasteiger partial charge in [-0.2, -0.15) is 16.4 Å². The van der Waals surface area contributed by atoms with Gasteiger partial charge >= 0.3 is 0 Å². The van der Waals surface area contributed by atoms with Gasteiger partial charge in [0, 0.05) is 11.5 Å². The summed E-state index contributed by atoms with van der Waals surface area (Å²) in [6.07, 6.45) is 4.81. The number of nitrogens with zero attached hydrogens (tertiary/aromatic N) is 7. The van der Waals surface area contributed by atoms with Crippen molar-refractivity contribution >= 4 is 22.5 Å². The van der Waals surface area contributed by atoms with E-state index in [-0.39, 0.29) is 6.04 Å². The number of rotatable bonds is 10. The number of hydrogen-bond acceptors (Lipinski definition) is 8. The predicted molar refractivity (Wildman–Crippen MR) is 122 cm³/mol. The smallest absolute Gasteiger partial charge is 0.219 e. The van der Waals surface area contributed by atoms with Crippen molar-refractivity contribution in [3.8, 4) is 17.4 Å². The third kappa shape index (κ3) is 5.27. The number of fused-ring (bicyclic) bond motifs is 1. The third-order valence-corrected chi connectivity index (χ3v) is 4.50. The fraction of sp³-hybridized carbons (Fsp3) is 0.318. The van der Waals surface area contributed by atoms with Gasteiger partial charge in [0.05, 0.1) is 30.6 Å². The van der Waals surface area contributed by atoms with E-state index in [4.69, 9.17) is 9.47 Å². The van der Waals surface area contributed by atoms with Crippen LogP contribution in [0.3, 0.4) is 0 Å². The standard InChI is InChI=1S/C22H25N8O2/c1-4-23-9-10-31-17-6-8-21(24-12-17)32-16-5-7-19-18(11-16)22(26-14-25-19)28-20-13-27-30(29-20)15(2)3/h5-8,11-15H,4,9-10H2,1-3H3,(H,25,26,28,29)/q-1. The van der Waals surface area contributed by atoms with Gasteiger partial charge in [-0.05, 0) is 38.1 Å². The summed E-state index contributed by atoms with van der Waals surface area (Å²) in [7, 11) is 0. The Morgan fingerprint density at radius 2 is 1.94 bits per heavy atom. The molecule has 4 rings (SSSR count). The van der Waals surface area contributed by atoms with Crippen LogP contribution in [0, 0.1) is 0 Å². The van der Waals surface area contributed by atoms with Crippen molar-refractivity contribution in [1.29, 1.82) is 0 Å². The van der Waals surface area contributed by atoms with Gasteiger partial charge in [-0.25, -0.2) is 15.0 Å². The molecule has 0 aliphatic rings. The van der Waals surface area contributed by atoms with E-state index in [1.54, 1.807) is 23.3 Å². The van der Waals surface area contributed by atoms with Gasteiger partial charge in [0.25, 0.3) is 0 Å². The molecule has 32 heavy (non-hydrogen) atoms. The Morgan fingerprint density at radius 3 is 2.69 bits per heavy atom. The summed E-state index contributed by atoms with van der Waals surface area (Å²) in [6.45, 7) is 8.02. The van der Waals surface area contributed by atoms with Gasteiger partial charge in [-0.1, -0.05) is 6.92 Å². The van der Waals surface area contributed by atoms with E-state index in [0.29, 0.717) is 42.2 Å². The second-order valence-corrected chi connectivity index (χ2v) is 7.22. The van der Waals surface area contributed by atoms with Crippen LogP contribution < -0.4 is 14.8 Å². The van der Waals surface area contributed by atoms with Crippen molar-refractivity contribution in [1.82, 2.24) is 29.9 Å². The topological polar surface area (TPSA) is 114 Å². The van der Waals surface area contributed by atoms with E-state index in [0.717, 1.165) is 17.4 Å². The Balaban J connectivity index is 1.48. The molecule has 166 valence electrons. The molecule has 3 heterocycles. The van der Waals surface area contributed by atoms with Gasteiger partial charge in [0.2, 0.25) is 5.88 Å². The van der Waals surface area contributed by atoms with Crippen LogP contribution in [-0.4, -0.2) is 49.6 Å². The van der Waals surface area contributed by atoms with E-state index in [2.05, 4.69) is 35.8 Å². The second kappa shape index (κ2) is 10.0. The van der Waals surface area contributed by atoms with Crippen LogP contribution in [0.1, 0.15) is 26.8 Å². The summed E-state index contributed by atoms with van der Waals surface area (Å²) in [4.78, 5) is 14.6. The quantitative estimate of drug-likeness (QED) is 0.364. The van der Waals surface area contributed by atoms with Crippen molar-refractivity contribution in [3.63, 3.8) is 0 Å². The number of hydrogen-bond donors (Lipinski definition) is 1. The molecule has 0 saturated heterocycles. The van der Waals surface area contributed by atoms with Crippen LogP contribution in [0.5, 0.6) is 17.4 Å². The van der Waals surface area contributed by atoms with Gasteiger partial charge in [-0.3, -0.25) is 0 Å². The fourth-order valence-corrected chi connectivity index (χ4v) is 2.92. The zero-order valence-corrected chi connectivity index (χ0v) is 18.3. The van der Waals surface area contributed by atoms with Crippen LogP contribution in [-0.2, 0) is 0 Å². The van der Waals surface area contributed by atoms with Crippen LogP contribution in [0.15, 0.2) is 49.1 Å². The third-order valence-electron chi connectivity index (χ3n) is 4.50. The average Bonchev–Trinajstić information content (AvgIpc) is 3.27. The predicted octanol–water partition coefficient (Wildman–Crippen LogP) is 4.51. The lowest BCUT2D eigenvalue weighted by molar-refractivity contribution is 0.331. The van der Waals surface area contributed by atoms with E-state index in [1.165, 1.54) is 6.33 Å². The monoisotopic (exact) mass is 433 g/mol. The number of likely N-dealkylation sites (N-methyl/N-ethyl adjacent to an activating group) is 1. The Bertz CT molecular complexity index is 1160. The fourth-order valence-electron chi connectivity index (χ4n) is 2.92. The number of aromatic nitrogens is 6. The van der Waals surface area contributed by atoms with E-state index in [1.807, 2.05) is 45.0 Å². The minimum atomic E-state index is 0.170.